The summed E-state index contributed by atoms with van der Waals surface area (Å²) in [6.07, 6.45) is 2.95. The second-order valence-corrected chi connectivity index (χ2v) is 4.65. The van der Waals surface area contributed by atoms with Gasteiger partial charge in [-0.25, -0.2) is 9.78 Å². The second-order valence-electron chi connectivity index (χ2n) is 4.65. The molecule has 0 bridgehead atoms. The minimum absolute atomic E-state index is 0.180. The molecule has 1 aromatic heterocycles. The first-order chi connectivity index (χ1) is 9.61. The maximum atomic E-state index is 11.4. The van der Waals surface area contributed by atoms with E-state index in [0.717, 1.165) is 5.69 Å². The minimum atomic E-state index is -0.502. The Balaban J connectivity index is 2.29. The highest BCUT2D eigenvalue weighted by Gasteiger charge is 2.10. The molecule has 0 aliphatic rings. The lowest BCUT2D eigenvalue weighted by atomic mass is 10.0. The SMILES string of the molecule is COC(=O)c1cncc(Nc2ccccc2C(C)C)n1. The zero-order chi connectivity index (χ0) is 14.5. The van der Waals surface area contributed by atoms with Crippen LogP contribution < -0.4 is 5.32 Å². The summed E-state index contributed by atoms with van der Waals surface area (Å²) in [7, 11) is 1.32. The average Bonchev–Trinajstić information content (AvgIpc) is 2.47. The Morgan fingerprint density at radius 3 is 2.70 bits per heavy atom. The number of anilines is 2. The molecule has 0 radical (unpaired) electrons. The van der Waals surface area contributed by atoms with E-state index in [1.807, 2.05) is 18.2 Å². The van der Waals surface area contributed by atoms with Crippen LogP contribution in [0.4, 0.5) is 11.5 Å². The number of hydrogen-bond donors (Lipinski definition) is 1. The highest BCUT2D eigenvalue weighted by atomic mass is 16.5. The van der Waals surface area contributed by atoms with Crippen LogP contribution in [0, 0.1) is 0 Å². The Hall–Kier alpha value is -2.43. The highest BCUT2D eigenvalue weighted by Crippen LogP contribution is 2.25. The third kappa shape index (κ3) is 3.12. The summed E-state index contributed by atoms with van der Waals surface area (Å²) >= 11 is 0. The van der Waals surface area contributed by atoms with E-state index in [0.29, 0.717) is 11.7 Å². The largest absolute Gasteiger partial charge is 0.464 e. The first kappa shape index (κ1) is 14.0. The Morgan fingerprint density at radius 2 is 2.00 bits per heavy atom. The molecule has 1 heterocycles. The van der Waals surface area contributed by atoms with Crippen LogP contribution in [0.5, 0.6) is 0 Å². The van der Waals surface area contributed by atoms with Gasteiger partial charge in [-0.1, -0.05) is 32.0 Å². The number of esters is 1. The van der Waals surface area contributed by atoms with Gasteiger partial charge in [-0.05, 0) is 17.5 Å². The average molecular weight is 271 g/mol. The zero-order valence-electron chi connectivity index (χ0n) is 11.8. The van der Waals surface area contributed by atoms with Crippen molar-refractivity contribution in [2.24, 2.45) is 0 Å². The van der Waals surface area contributed by atoms with Crippen molar-refractivity contribution < 1.29 is 9.53 Å². The van der Waals surface area contributed by atoms with Crippen molar-refractivity contribution >= 4 is 17.5 Å². The van der Waals surface area contributed by atoms with Crippen molar-refractivity contribution in [3.8, 4) is 0 Å². The summed E-state index contributed by atoms with van der Waals surface area (Å²) in [6, 6.07) is 7.98. The topological polar surface area (TPSA) is 64.1 Å². The van der Waals surface area contributed by atoms with E-state index in [2.05, 4.69) is 39.9 Å². The van der Waals surface area contributed by atoms with Crippen LogP contribution in [0.1, 0.15) is 35.8 Å². The molecule has 0 spiro atoms. The predicted molar refractivity (Wildman–Crippen MR) is 77.2 cm³/mol. The smallest absolute Gasteiger partial charge is 0.358 e. The number of para-hydroxylation sites is 1. The van der Waals surface area contributed by atoms with Crippen LogP contribution in [0.2, 0.25) is 0 Å². The van der Waals surface area contributed by atoms with E-state index >= 15 is 0 Å². The number of ether oxygens (including phenoxy) is 1. The molecule has 5 heteroatoms. The molecule has 0 atom stereocenters. The van der Waals surface area contributed by atoms with Gasteiger partial charge in [0.15, 0.2) is 5.69 Å². The number of rotatable bonds is 4. The Morgan fingerprint density at radius 1 is 1.25 bits per heavy atom. The molecule has 0 aliphatic carbocycles. The molecular formula is C15H17N3O2. The number of methoxy groups -OCH3 is 1. The minimum Gasteiger partial charge on any atom is -0.464 e. The Kier molecular flexibility index (Phi) is 4.30. The lowest BCUT2D eigenvalue weighted by molar-refractivity contribution is 0.0593. The normalized spacial score (nSPS) is 10.4. The van der Waals surface area contributed by atoms with Gasteiger partial charge in [0.05, 0.1) is 19.5 Å². The lowest BCUT2D eigenvalue weighted by Gasteiger charge is -2.14. The number of hydrogen-bond acceptors (Lipinski definition) is 5. The predicted octanol–water partition coefficient (Wildman–Crippen LogP) is 3.13. The molecule has 2 rings (SSSR count). The van der Waals surface area contributed by atoms with Crippen molar-refractivity contribution in [3.63, 3.8) is 0 Å². The number of carbonyl (C=O) groups excluding carboxylic acids is 1. The second kappa shape index (κ2) is 6.14. The van der Waals surface area contributed by atoms with Gasteiger partial charge in [-0.2, -0.15) is 0 Å². The first-order valence-corrected chi connectivity index (χ1v) is 6.38. The van der Waals surface area contributed by atoms with E-state index < -0.39 is 5.97 Å². The van der Waals surface area contributed by atoms with Crippen LogP contribution >= 0.6 is 0 Å². The lowest BCUT2D eigenvalue weighted by Crippen LogP contribution is -2.07. The first-order valence-electron chi connectivity index (χ1n) is 6.38. The fourth-order valence-electron chi connectivity index (χ4n) is 1.88. The molecule has 0 fully saturated rings. The van der Waals surface area contributed by atoms with E-state index in [4.69, 9.17) is 0 Å². The van der Waals surface area contributed by atoms with Gasteiger partial charge in [0, 0.05) is 5.69 Å². The van der Waals surface area contributed by atoms with E-state index in [1.54, 1.807) is 6.20 Å². The van der Waals surface area contributed by atoms with Crippen molar-refractivity contribution in [2.75, 3.05) is 12.4 Å². The van der Waals surface area contributed by atoms with Crippen molar-refractivity contribution in [3.05, 3.63) is 47.9 Å². The maximum Gasteiger partial charge on any atom is 0.358 e. The molecule has 0 aliphatic heterocycles. The van der Waals surface area contributed by atoms with Gasteiger partial charge < -0.3 is 10.1 Å². The van der Waals surface area contributed by atoms with Crippen molar-refractivity contribution in [1.29, 1.82) is 0 Å². The summed E-state index contributed by atoms with van der Waals surface area (Å²) in [5, 5.41) is 3.19. The van der Waals surface area contributed by atoms with Crippen LogP contribution in [0.15, 0.2) is 36.7 Å². The summed E-state index contributed by atoms with van der Waals surface area (Å²) in [4.78, 5) is 19.6. The fraction of sp³-hybridized carbons (Fsp3) is 0.267. The van der Waals surface area contributed by atoms with Gasteiger partial charge in [0.25, 0.3) is 0 Å². The molecule has 1 aromatic carbocycles. The molecular weight excluding hydrogens is 254 g/mol. The molecule has 104 valence electrons. The number of nitrogens with one attached hydrogen (secondary N) is 1. The highest BCUT2D eigenvalue weighted by molar-refractivity contribution is 5.87. The van der Waals surface area contributed by atoms with Gasteiger partial charge >= 0.3 is 5.97 Å². The zero-order valence-corrected chi connectivity index (χ0v) is 11.8. The van der Waals surface area contributed by atoms with Crippen LogP contribution in [0.3, 0.4) is 0 Å². The molecule has 20 heavy (non-hydrogen) atoms. The molecule has 0 amide bonds. The van der Waals surface area contributed by atoms with Crippen LogP contribution in [-0.2, 0) is 4.74 Å². The molecule has 0 saturated heterocycles. The molecule has 0 saturated carbocycles. The van der Waals surface area contributed by atoms with Crippen LogP contribution in [0.25, 0.3) is 0 Å². The number of benzene rings is 1. The maximum absolute atomic E-state index is 11.4. The summed E-state index contributed by atoms with van der Waals surface area (Å²) in [5.74, 6) is 0.398. The van der Waals surface area contributed by atoms with Gasteiger partial charge in [0.2, 0.25) is 0 Å². The van der Waals surface area contributed by atoms with E-state index in [1.165, 1.54) is 18.9 Å². The monoisotopic (exact) mass is 271 g/mol. The van der Waals surface area contributed by atoms with E-state index in [9.17, 15) is 4.79 Å². The van der Waals surface area contributed by atoms with Crippen molar-refractivity contribution in [1.82, 2.24) is 9.97 Å². The quantitative estimate of drug-likeness (QED) is 0.865. The molecule has 0 unspecified atom stereocenters. The Bertz CT molecular complexity index is 612. The summed E-state index contributed by atoms with van der Waals surface area (Å²) < 4.78 is 4.63. The molecule has 5 nitrogen and oxygen atoms in total. The number of nitrogens with zero attached hydrogens (tertiary/aromatic N) is 2. The third-order valence-electron chi connectivity index (χ3n) is 2.87. The summed E-state index contributed by atoms with van der Waals surface area (Å²) in [6.45, 7) is 4.24. The fourth-order valence-corrected chi connectivity index (χ4v) is 1.88. The Labute approximate surface area is 118 Å². The molecule has 1 N–H and O–H groups in total. The van der Waals surface area contributed by atoms with Crippen LogP contribution in [-0.4, -0.2) is 23.0 Å². The third-order valence-corrected chi connectivity index (χ3v) is 2.87. The van der Waals surface area contributed by atoms with Gasteiger partial charge in [-0.3, -0.25) is 4.98 Å². The van der Waals surface area contributed by atoms with Crippen molar-refractivity contribution in [2.45, 2.75) is 19.8 Å². The molecule has 2 aromatic rings. The standard InChI is InChI=1S/C15H17N3O2/c1-10(2)11-6-4-5-7-12(11)17-14-9-16-8-13(18-14)15(19)20-3/h4-10H,1-3H3,(H,17,18). The number of aromatic nitrogens is 2. The number of carbonyl (C=O) groups is 1. The summed E-state index contributed by atoms with van der Waals surface area (Å²) in [5.41, 5.74) is 2.32. The van der Waals surface area contributed by atoms with E-state index in [-0.39, 0.29) is 5.69 Å². The van der Waals surface area contributed by atoms with Gasteiger partial charge in [0.1, 0.15) is 5.82 Å². The van der Waals surface area contributed by atoms with Gasteiger partial charge in [-0.15, -0.1) is 0 Å².